The molecule has 3 fully saturated rings. The predicted octanol–water partition coefficient (Wildman–Crippen LogP) is 11.5. The standard InChI is InChI=1S/C59H89BN4O12Si2/c1-39-28-43(37-73-77(15,16)56(3,4)5)63(34-39)53(65)45-30-49(68-13)51(32-47(45)61)70-26-20-19-21-27-71-52-33-48(62-55(67)72-36-41-22-24-42(25-23-41)60-75-58(9,10)59(11,12)76-60)46(31-50(52)69-14)54(66)64-35-40(2)29-44(64)38-74-78(17,18)57(6,7)8/h22-25,30-33,43-44H,1-2,19-21,26-29,34-38,61H2,3-18H3,(H,62,67)/t43-,44-/m0/s1. The molecule has 3 aromatic carbocycles. The second-order valence-electron chi connectivity index (χ2n) is 25.2. The van der Waals surface area contributed by atoms with Gasteiger partial charge in [-0.25, -0.2) is 4.79 Å². The van der Waals surface area contributed by atoms with Crippen LogP contribution in [0, 0.1) is 0 Å². The minimum atomic E-state index is -2.14. The molecule has 2 atom stereocenters. The summed E-state index contributed by atoms with van der Waals surface area (Å²) in [5.41, 5.74) is 10.1. The zero-order chi connectivity index (χ0) is 57.8. The molecular formula is C59H89BN4O12Si2. The van der Waals surface area contributed by atoms with Gasteiger partial charge in [-0.3, -0.25) is 14.9 Å². The molecule has 3 amide bonds. The van der Waals surface area contributed by atoms with Crippen LogP contribution in [0.25, 0.3) is 0 Å². The number of ether oxygens (including phenoxy) is 5. The quantitative estimate of drug-likeness (QED) is 0.0421. The van der Waals surface area contributed by atoms with E-state index in [1.54, 1.807) is 34.1 Å². The Kier molecular flexibility index (Phi) is 19.5. The summed E-state index contributed by atoms with van der Waals surface area (Å²) >= 11 is 0. The molecule has 0 aromatic heterocycles. The van der Waals surface area contributed by atoms with Crippen molar-refractivity contribution in [3.63, 3.8) is 0 Å². The van der Waals surface area contributed by atoms with Crippen LogP contribution in [0.3, 0.4) is 0 Å². The summed E-state index contributed by atoms with van der Waals surface area (Å²) in [6.07, 6.45) is 2.56. The van der Waals surface area contributed by atoms with Gasteiger partial charge in [0.2, 0.25) is 0 Å². The Morgan fingerprint density at radius 3 is 1.60 bits per heavy atom. The summed E-state index contributed by atoms with van der Waals surface area (Å²) in [4.78, 5) is 46.0. The smallest absolute Gasteiger partial charge is 0.493 e. The predicted molar refractivity (Wildman–Crippen MR) is 315 cm³/mol. The Bertz CT molecular complexity index is 2650. The van der Waals surface area contributed by atoms with Crippen molar-refractivity contribution in [2.45, 2.75) is 167 Å². The third-order valence-corrected chi connectivity index (χ3v) is 25.6. The van der Waals surface area contributed by atoms with E-state index in [0.29, 0.717) is 99.4 Å². The van der Waals surface area contributed by atoms with E-state index in [9.17, 15) is 14.4 Å². The fraction of sp³-hybridized carbons (Fsp3) is 0.576. The Balaban J connectivity index is 1.10. The van der Waals surface area contributed by atoms with Gasteiger partial charge in [0, 0.05) is 30.9 Å². The lowest BCUT2D eigenvalue weighted by molar-refractivity contribution is 0.00578. The van der Waals surface area contributed by atoms with Gasteiger partial charge in [0.25, 0.3) is 11.8 Å². The zero-order valence-electron chi connectivity index (χ0n) is 49.6. The molecule has 0 radical (unpaired) electrons. The Labute approximate surface area is 467 Å². The van der Waals surface area contributed by atoms with Crippen molar-refractivity contribution in [3.8, 4) is 23.0 Å². The van der Waals surface area contributed by atoms with Crippen LogP contribution < -0.4 is 35.5 Å². The average molecular weight is 1110 g/mol. The molecule has 3 saturated heterocycles. The molecule has 0 aliphatic carbocycles. The van der Waals surface area contributed by atoms with Crippen molar-refractivity contribution < 1.29 is 56.2 Å². The Hall–Kier alpha value is -5.31. The molecule has 3 aliphatic heterocycles. The van der Waals surface area contributed by atoms with E-state index in [1.807, 2.05) is 52.0 Å². The van der Waals surface area contributed by atoms with Crippen molar-refractivity contribution in [2.24, 2.45) is 0 Å². The maximum absolute atomic E-state index is 14.7. The van der Waals surface area contributed by atoms with Crippen LogP contribution in [-0.2, 0) is 29.5 Å². The van der Waals surface area contributed by atoms with Crippen LogP contribution in [0.2, 0.25) is 36.3 Å². The lowest BCUT2D eigenvalue weighted by Gasteiger charge is -2.38. The number of carbonyl (C=O) groups excluding carboxylic acids is 3. The SMILES string of the molecule is C=C1C[C@@H](CO[Si](C)(C)C(C)(C)C)N(C(=O)c2cc(OC)c(OCCCCCOc3cc(NC(=O)OCc4ccc(B5OC(C)(C)C(C)(C)O5)cc4)c(C(=O)N4CC(=C)C[C@H]4CO[Si](C)(C)C(C)(C)C)cc3OC)cc2N)C1. The average Bonchev–Trinajstić information content (AvgIpc) is 4.04. The summed E-state index contributed by atoms with van der Waals surface area (Å²) in [5.74, 6) is 0.989. The van der Waals surface area contributed by atoms with Crippen molar-refractivity contribution in [1.29, 1.82) is 0 Å². The number of methoxy groups -OCH3 is 2. The molecule has 3 aromatic rings. The van der Waals surface area contributed by atoms with Crippen molar-refractivity contribution in [3.05, 3.63) is 89.5 Å². The highest BCUT2D eigenvalue weighted by atomic mass is 28.4. The number of nitrogen functional groups attached to an aromatic ring is 1. The van der Waals surface area contributed by atoms with Gasteiger partial charge in [0.15, 0.2) is 39.6 Å². The number of benzene rings is 3. The summed E-state index contributed by atoms with van der Waals surface area (Å²) in [5, 5.41) is 2.87. The summed E-state index contributed by atoms with van der Waals surface area (Å²) in [6.45, 7) is 40.6. The third kappa shape index (κ3) is 14.7. The van der Waals surface area contributed by atoms with Gasteiger partial charge in [-0.1, -0.05) is 90.1 Å². The minimum absolute atomic E-state index is 0.0159. The second-order valence-corrected chi connectivity index (χ2v) is 34.8. The maximum atomic E-state index is 14.7. The molecule has 16 nitrogen and oxygen atoms in total. The fourth-order valence-electron chi connectivity index (χ4n) is 8.82. The molecule has 3 N–H and O–H groups in total. The number of hydrogen-bond donors (Lipinski definition) is 2. The topological polar surface area (TPSA) is 179 Å². The van der Waals surface area contributed by atoms with Gasteiger partial charge in [-0.15, -0.1) is 0 Å². The van der Waals surface area contributed by atoms with Gasteiger partial charge in [0.1, 0.15) is 6.61 Å². The van der Waals surface area contributed by atoms with E-state index in [1.165, 1.54) is 14.2 Å². The molecule has 78 heavy (non-hydrogen) atoms. The molecule has 428 valence electrons. The number of nitrogens with zero attached hydrogens (tertiary/aromatic N) is 2. The third-order valence-electron chi connectivity index (χ3n) is 16.6. The van der Waals surface area contributed by atoms with E-state index in [2.05, 4.69) is 86.2 Å². The number of amides is 3. The zero-order valence-corrected chi connectivity index (χ0v) is 51.6. The van der Waals surface area contributed by atoms with Crippen LogP contribution >= 0.6 is 0 Å². The number of anilines is 2. The Morgan fingerprint density at radius 1 is 0.692 bits per heavy atom. The van der Waals surface area contributed by atoms with Crippen LogP contribution in [0.1, 0.15) is 128 Å². The van der Waals surface area contributed by atoms with Crippen LogP contribution in [0.4, 0.5) is 16.2 Å². The molecule has 6 rings (SSSR count). The molecule has 0 unspecified atom stereocenters. The van der Waals surface area contributed by atoms with Crippen molar-refractivity contribution in [1.82, 2.24) is 9.80 Å². The fourth-order valence-corrected chi connectivity index (χ4v) is 10.9. The van der Waals surface area contributed by atoms with Gasteiger partial charge in [-0.2, -0.15) is 0 Å². The first kappa shape index (κ1) is 61.9. The first-order chi connectivity index (χ1) is 36.3. The number of hydrogen-bond acceptors (Lipinski definition) is 13. The number of nitrogens with two attached hydrogens (primary N) is 1. The normalized spacial score (nSPS) is 18.6. The van der Waals surface area contributed by atoms with E-state index in [4.69, 9.17) is 47.6 Å². The monoisotopic (exact) mass is 1110 g/mol. The molecule has 3 heterocycles. The molecule has 19 heteroatoms. The highest BCUT2D eigenvalue weighted by molar-refractivity contribution is 6.74. The van der Waals surface area contributed by atoms with Crippen LogP contribution in [-0.4, -0.2) is 128 Å². The van der Waals surface area contributed by atoms with Crippen molar-refractivity contribution in [2.75, 3.05) is 64.8 Å². The van der Waals surface area contributed by atoms with Gasteiger partial charge < -0.3 is 57.4 Å². The lowest BCUT2D eigenvalue weighted by Crippen LogP contribution is -2.46. The van der Waals surface area contributed by atoms with Crippen LogP contribution in [0.5, 0.6) is 23.0 Å². The van der Waals surface area contributed by atoms with E-state index in [-0.39, 0.29) is 51.8 Å². The van der Waals surface area contributed by atoms with Crippen molar-refractivity contribution >= 4 is 58.5 Å². The van der Waals surface area contributed by atoms with E-state index < -0.39 is 41.0 Å². The molecule has 3 aliphatic rings. The van der Waals surface area contributed by atoms with E-state index in [0.717, 1.165) is 28.6 Å². The van der Waals surface area contributed by atoms with Gasteiger partial charge in [0.05, 0.1) is 80.7 Å². The molecule has 0 bridgehead atoms. The Morgan fingerprint density at radius 2 is 1.14 bits per heavy atom. The lowest BCUT2D eigenvalue weighted by atomic mass is 9.79. The van der Waals surface area contributed by atoms with Crippen LogP contribution in [0.15, 0.2) is 72.8 Å². The van der Waals surface area contributed by atoms with E-state index >= 15 is 0 Å². The summed E-state index contributed by atoms with van der Waals surface area (Å²) < 4.78 is 55.3. The number of rotatable bonds is 22. The highest BCUT2D eigenvalue weighted by Gasteiger charge is 2.52. The summed E-state index contributed by atoms with van der Waals surface area (Å²) in [7, 11) is -1.66. The maximum Gasteiger partial charge on any atom is 0.494 e. The number of carbonyl (C=O) groups is 3. The molecule has 0 spiro atoms. The summed E-state index contributed by atoms with van der Waals surface area (Å²) in [6, 6.07) is 13.6. The number of nitrogens with one attached hydrogen (secondary N) is 1. The molecule has 0 saturated carbocycles. The largest absolute Gasteiger partial charge is 0.494 e. The first-order valence-corrected chi connectivity index (χ1v) is 33.2. The first-order valence-electron chi connectivity index (χ1n) is 27.3. The minimum Gasteiger partial charge on any atom is -0.493 e. The number of unbranched alkanes of at least 4 members (excludes halogenated alkanes) is 2. The molecular weight excluding hydrogens is 1020 g/mol. The van der Waals surface area contributed by atoms with Gasteiger partial charge >= 0.3 is 13.2 Å². The number of likely N-dealkylation sites (tertiary alicyclic amines) is 2. The highest BCUT2D eigenvalue weighted by Crippen LogP contribution is 2.42. The second kappa shape index (κ2) is 24.6. The van der Waals surface area contributed by atoms with Gasteiger partial charge in [-0.05, 0) is 119 Å².